The molecule has 1 amide bonds. The van der Waals surface area contributed by atoms with Gasteiger partial charge >= 0.3 is 0 Å². The van der Waals surface area contributed by atoms with Crippen molar-refractivity contribution in [2.75, 3.05) is 0 Å². The van der Waals surface area contributed by atoms with Crippen LogP contribution in [-0.2, 0) is 10.0 Å². The lowest BCUT2D eigenvalue weighted by atomic mass is 10.1. The van der Waals surface area contributed by atoms with Gasteiger partial charge in [0.05, 0.1) is 22.7 Å². The van der Waals surface area contributed by atoms with Gasteiger partial charge in [0, 0.05) is 21.8 Å². The molecule has 1 saturated heterocycles. The Hall–Kier alpha value is -1.30. The molecular weight excluding hydrogens is 452 g/mol. The van der Waals surface area contributed by atoms with Gasteiger partial charge in [0.1, 0.15) is 0 Å². The molecule has 4 rings (SSSR count). The summed E-state index contributed by atoms with van der Waals surface area (Å²) in [4.78, 5) is 14.0. The molecule has 4 N–H and O–H groups in total. The van der Waals surface area contributed by atoms with Gasteiger partial charge in [0.25, 0.3) is 5.91 Å². The van der Waals surface area contributed by atoms with Crippen molar-refractivity contribution < 1.29 is 13.2 Å². The maximum Gasteiger partial charge on any atom is 0.253 e. The summed E-state index contributed by atoms with van der Waals surface area (Å²) < 4.78 is 28.0. The van der Waals surface area contributed by atoms with Crippen LogP contribution in [0.15, 0.2) is 45.1 Å². The van der Waals surface area contributed by atoms with Crippen molar-refractivity contribution in [1.82, 2.24) is 20.9 Å². The molecule has 10 heteroatoms. The van der Waals surface area contributed by atoms with E-state index in [0.717, 1.165) is 12.8 Å². The fraction of sp³-hybridized carbons (Fsp3) is 0.353. The van der Waals surface area contributed by atoms with Crippen LogP contribution in [0, 0.1) is 0 Å². The summed E-state index contributed by atoms with van der Waals surface area (Å²) in [6.45, 7) is 0. The van der Waals surface area contributed by atoms with Crippen molar-refractivity contribution in [1.29, 1.82) is 0 Å². The van der Waals surface area contributed by atoms with E-state index in [9.17, 15) is 13.2 Å². The first kappa shape index (κ1) is 19.0. The van der Waals surface area contributed by atoms with Crippen LogP contribution >= 0.6 is 27.3 Å². The Morgan fingerprint density at radius 3 is 2.74 bits per heavy atom. The Morgan fingerprint density at radius 1 is 1.22 bits per heavy atom. The van der Waals surface area contributed by atoms with Gasteiger partial charge in [-0.25, -0.2) is 24.0 Å². The topological polar surface area (TPSA) is 99.3 Å². The second kappa shape index (κ2) is 7.61. The van der Waals surface area contributed by atoms with E-state index in [4.69, 9.17) is 0 Å². The molecule has 27 heavy (non-hydrogen) atoms. The monoisotopic (exact) mass is 470 g/mol. The van der Waals surface area contributed by atoms with E-state index in [0.29, 0.717) is 10.9 Å². The fourth-order valence-corrected chi connectivity index (χ4v) is 5.45. The molecule has 7 nitrogen and oxygen atoms in total. The zero-order valence-corrected chi connectivity index (χ0v) is 17.5. The molecule has 2 aliphatic rings. The van der Waals surface area contributed by atoms with Gasteiger partial charge in [-0.2, -0.15) is 0 Å². The lowest BCUT2D eigenvalue weighted by Gasteiger charge is -2.14. The van der Waals surface area contributed by atoms with Crippen LogP contribution in [-0.4, -0.2) is 26.5 Å². The summed E-state index contributed by atoms with van der Waals surface area (Å²) in [5, 5.41) is 4.92. The molecule has 2 unspecified atom stereocenters. The largest absolute Gasteiger partial charge is 0.335 e. The third kappa shape index (κ3) is 4.41. The smallest absolute Gasteiger partial charge is 0.253 e. The van der Waals surface area contributed by atoms with Crippen molar-refractivity contribution in [2.24, 2.45) is 0 Å². The van der Waals surface area contributed by atoms with Gasteiger partial charge < -0.3 is 5.32 Å². The van der Waals surface area contributed by atoms with Gasteiger partial charge in [-0.1, -0.05) is 6.07 Å². The normalized spacial score (nSPS) is 22.7. The Morgan fingerprint density at radius 2 is 2.04 bits per heavy atom. The minimum Gasteiger partial charge on any atom is -0.335 e. The van der Waals surface area contributed by atoms with Gasteiger partial charge in [-0.15, -0.1) is 11.3 Å². The number of thiophene rings is 1. The van der Waals surface area contributed by atoms with E-state index < -0.39 is 10.0 Å². The summed E-state index contributed by atoms with van der Waals surface area (Å²) in [6, 6.07) is 8.67. The Balaban J connectivity index is 1.46. The molecule has 1 aromatic heterocycles. The molecule has 144 valence electrons. The highest BCUT2D eigenvalue weighted by molar-refractivity contribution is 9.10. The first-order chi connectivity index (χ1) is 12.9. The van der Waals surface area contributed by atoms with Crippen molar-refractivity contribution in [3.63, 3.8) is 0 Å². The highest BCUT2D eigenvalue weighted by atomic mass is 79.9. The second-order valence-corrected chi connectivity index (χ2v) is 10.2. The molecule has 1 aliphatic carbocycles. The molecule has 0 bridgehead atoms. The van der Waals surface area contributed by atoms with Crippen molar-refractivity contribution in [2.45, 2.75) is 42.4 Å². The molecule has 2 atom stereocenters. The maximum absolute atomic E-state index is 12.7. The standard InChI is InChI=1S/C17H19BrN4O3S2/c18-13-6-5-11(27(24,25)22-10-3-4-10)8-12(13)17(23)19-16-9-14(20-21-16)15-2-1-7-26-15/h1-2,5-8,10,14,16,20-22H,3-4,9H2,(H,19,23). The average Bonchev–Trinajstić information content (AvgIpc) is 3.10. The van der Waals surface area contributed by atoms with Crippen LogP contribution in [0.3, 0.4) is 0 Å². The first-order valence-corrected chi connectivity index (χ1v) is 11.8. The number of carbonyl (C=O) groups is 1. The summed E-state index contributed by atoms with van der Waals surface area (Å²) in [7, 11) is -3.61. The zero-order valence-electron chi connectivity index (χ0n) is 14.2. The summed E-state index contributed by atoms with van der Waals surface area (Å²) in [5.74, 6) is -0.337. The quantitative estimate of drug-likeness (QED) is 0.518. The maximum atomic E-state index is 12.7. The number of carbonyl (C=O) groups excluding carboxylic acids is 1. The van der Waals surface area contributed by atoms with E-state index in [1.807, 2.05) is 17.5 Å². The first-order valence-electron chi connectivity index (χ1n) is 8.59. The summed E-state index contributed by atoms with van der Waals surface area (Å²) in [6.07, 6.45) is 2.16. The fourth-order valence-electron chi connectivity index (χ4n) is 2.90. The van der Waals surface area contributed by atoms with Gasteiger partial charge in [0.15, 0.2) is 0 Å². The number of hydrazine groups is 1. The van der Waals surface area contributed by atoms with Gasteiger partial charge in [0.2, 0.25) is 10.0 Å². The zero-order chi connectivity index (χ0) is 19.0. The highest BCUT2D eigenvalue weighted by Crippen LogP contribution is 2.27. The van der Waals surface area contributed by atoms with E-state index in [1.165, 1.54) is 17.0 Å². The number of rotatable bonds is 6. The minimum absolute atomic E-state index is 0.0128. The molecule has 2 fully saturated rings. The molecule has 1 aromatic carbocycles. The third-order valence-corrected chi connectivity index (χ3v) is 7.68. The predicted octanol–water partition coefficient (Wildman–Crippen LogP) is 2.25. The average molecular weight is 471 g/mol. The van der Waals surface area contributed by atoms with Gasteiger partial charge in [-0.05, 0) is 58.4 Å². The van der Waals surface area contributed by atoms with E-state index >= 15 is 0 Å². The van der Waals surface area contributed by atoms with E-state index in [-0.39, 0.29) is 34.6 Å². The summed E-state index contributed by atoms with van der Waals surface area (Å²) >= 11 is 5.00. The van der Waals surface area contributed by atoms with Crippen LogP contribution in [0.1, 0.15) is 40.5 Å². The van der Waals surface area contributed by atoms with E-state index in [2.05, 4.69) is 36.8 Å². The van der Waals surface area contributed by atoms with Crippen molar-refractivity contribution in [3.8, 4) is 0 Å². The number of hydrogen-bond acceptors (Lipinski definition) is 6. The number of halogens is 1. The van der Waals surface area contributed by atoms with Crippen LogP contribution in [0.4, 0.5) is 0 Å². The van der Waals surface area contributed by atoms with Crippen molar-refractivity contribution >= 4 is 43.2 Å². The number of sulfonamides is 1. The third-order valence-electron chi connectivity index (χ3n) is 4.49. The number of benzene rings is 1. The number of nitrogens with one attached hydrogen (secondary N) is 4. The number of amides is 1. The molecule has 2 aromatic rings. The number of hydrogen-bond donors (Lipinski definition) is 4. The van der Waals surface area contributed by atoms with Crippen LogP contribution < -0.4 is 20.9 Å². The minimum atomic E-state index is -3.61. The molecular formula is C17H19BrN4O3S2. The Bertz CT molecular complexity index is 945. The Labute approximate surface area is 170 Å². The van der Waals surface area contributed by atoms with Crippen molar-refractivity contribution in [3.05, 3.63) is 50.6 Å². The molecule has 1 aliphatic heterocycles. The summed E-state index contributed by atoms with van der Waals surface area (Å²) in [5.41, 5.74) is 6.53. The molecule has 0 spiro atoms. The lowest BCUT2D eigenvalue weighted by molar-refractivity contribution is 0.0931. The molecule has 0 radical (unpaired) electrons. The Kier molecular flexibility index (Phi) is 5.36. The van der Waals surface area contributed by atoms with Gasteiger partial charge in [-0.3, -0.25) is 4.79 Å². The van der Waals surface area contributed by atoms with Crippen LogP contribution in [0.5, 0.6) is 0 Å². The van der Waals surface area contributed by atoms with Crippen LogP contribution in [0.25, 0.3) is 0 Å². The second-order valence-electron chi connectivity index (χ2n) is 6.66. The van der Waals surface area contributed by atoms with Crippen LogP contribution in [0.2, 0.25) is 0 Å². The SMILES string of the molecule is O=C(NC1CC(c2cccs2)NN1)c1cc(S(=O)(=O)NC2CC2)ccc1Br. The molecule has 1 saturated carbocycles. The molecule has 2 heterocycles. The predicted molar refractivity (Wildman–Crippen MR) is 107 cm³/mol. The highest BCUT2D eigenvalue weighted by Gasteiger charge is 2.30. The lowest BCUT2D eigenvalue weighted by Crippen LogP contribution is -2.44. The van der Waals surface area contributed by atoms with E-state index in [1.54, 1.807) is 17.4 Å².